The number of halogens is 1. The molecule has 1 amide bonds. The van der Waals surface area contributed by atoms with Crippen LogP contribution in [-0.2, 0) is 9.84 Å². The minimum absolute atomic E-state index is 0.0348. The molecule has 0 bridgehead atoms. The van der Waals surface area contributed by atoms with Crippen LogP contribution in [-0.4, -0.2) is 38.9 Å². The van der Waals surface area contributed by atoms with Crippen LogP contribution in [0.4, 0.5) is 0 Å². The first-order valence-electron chi connectivity index (χ1n) is 9.53. The first kappa shape index (κ1) is 22.1. The van der Waals surface area contributed by atoms with Crippen molar-refractivity contribution in [3.05, 3.63) is 71.3 Å². The summed E-state index contributed by atoms with van der Waals surface area (Å²) in [7, 11) is -3.89. The van der Waals surface area contributed by atoms with E-state index < -0.39 is 15.7 Å². The Balaban J connectivity index is 1.73. The van der Waals surface area contributed by atoms with Crippen LogP contribution in [0.25, 0.3) is 0 Å². The van der Waals surface area contributed by atoms with Crippen LogP contribution in [0.15, 0.2) is 73.6 Å². The molecule has 1 aromatic carbocycles. The van der Waals surface area contributed by atoms with Crippen LogP contribution < -0.4 is 5.32 Å². The lowest BCUT2D eigenvalue weighted by molar-refractivity contribution is 0.0897. The standard InChI is InChI=1S/C21H23ClN2O5S/c1-3-24(4-2)17(18-6-5-13-28-18)14-23-21(25)19-11-12-20(29-19)30(26,27)16-9-7-15(22)8-10-16/h5-13,17H,3-4,14H2,1-2H3,(H,23,25). The van der Waals surface area contributed by atoms with E-state index in [0.29, 0.717) is 5.02 Å². The molecule has 0 aliphatic heterocycles. The highest BCUT2D eigenvalue weighted by Crippen LogP contribution is 2.25. The third-order valence-corrected chi connectivity index (χ3v) is 6.67. The molecule has 0 radical (unpaired) electrons. The molecule has 0 fully saturated rings. The van der Waals surface area contributed by atoms with Gasteiger partial charge in [0, 0.05) is 11.6 Å². The van der Waals surface area contributed by atoms with Crippen molar-refractivity contribution < 1.29 is 22.0 Å². The number of nitrogens with zero attached hydrogens (tertiary/aromatic N) is 1. The van der Waals surface area contributed by atoms with E-state index in [9.17, 15) is 13.2 Å². The van der Waals surface area contributed by atoms with E-state index in [1.807, 2.05) is 19.9 Å². The third-order valence-electron chi connectivity index (χ3n) is 4.77. The monoisotopic (exact) mass is 450 g/mol. The Morgan fingerprint density at radius 2 is 1.80 bits per heavy atom. The van der Waals surface area contributed by atoms with Crippen LogP contribution in [0.1, 0.15) is 36.2 Å². The Bertz CT molecular complexity index is 1070. The minimum Gasteiger partial charge on any atom is -0.468 e. The number of likely N-dealkylation sites (N-methyl/N-ethyl adjacent to an activating group) is 1. The molecule has 0 saturated heterocycles. The number of carbonyl (C=O) groups excluding carboxylic acids is 1. The normalized spacial score (nSPS) is 12.8. The van der Waals surface area contributed by atoms with Crippen LogP contribution in [0.3, 0.4) is 0 Å². The summed E-state index contributed by atoms with van der Waals surface area (Å²) in [4.78, 5) is 14.8. The molecule has 3 aromatic rings. The van der Waals surface area contributed by atoms with Gasteiger partial charge in [-0.2, -0.15) is 0 Å². The average molecular weight is 451 g/mol. The average Bonchev–Trinajstić information content (AvgIpc) is 3.44. The molecule has 3 rings (SSSR count). The van der Waals surface area contributed by atoms with Gasteiger partial charge >= 0.3 is 0 Å². The SMILES string of the molecule is CCN(CC)C(CNC(=O)c1ccc(S(=O)(=O)c2ccc(Cl)cc2)o1)c1ccco1. The van der Waals surface area contributed by atoms with Gasteiger partial charge in [0.15, 0.2) is 5.76 Å². The molecule has 30 heavy (non-hydrogen) atoms. The Hall–Kier alpha value is -2.55. The lowest BCUT2D eigenvalue weighted by atomic mass is 10.2. The van der Waals surface area contributed by atoms with Crippen molar-refractivity contribution in [1.82, 2.24) is 10.2 Å². The fraction of sp³-hybridized carbons (Fsp3) is 0.286. The number of rotatable bonds is 9. The molecule has 2 heterocycles. The van der Waals surface area contributed by atoms with Crippen molar-refractivity contribution in [3.8, 4) is 0 Å². The van der Waals surface area contributed by atoms with Gasteiger partial charge in [-0.3, -0.25) is 9.69 Å². The molecular formula is C21H23ClN2O5S. The summed E-state index contributed by atoms with van der Waals surface area (Å²) in [5.74, 6) is 0.154. The number of amides is 1. The molecular weight excluding hydrogens is 428 g/mol. The molecule has 2 aromatic heterocycles. The van der Waals surface area contributed by atoms with E-state index in [-0.39, 0.29) is 28.3 Å². The molecule has 160 valence electrons. The largest absolute Gasteiger partial charge is 0.468 e. The molecule has 0 spiro atoms. The molecule has 1 atom stereocenters. The second-order valence-electron chi connectivity index (χ2n) is 6.54. The summed E-state index contributed by atoms with van der Waals surface area (Å²) < 4.78 is 36.2. The van der Waals surface area contributed by atoms with E-state index in [0.717, 1.165) is 18.8 Å². The molecule has 0 aliphatic rings. The predicted octanol–water partition coefficient (Wildman–Crippen LogP) is 4.17. The summed E-state index contributed by atoms with van der Waals surface area (Å²) in [6.07, 6.45) is 1.59. The highest BCUT2D eigenvalue weighted by Gasteiger charge is 2.25. The number of benzene rings is 1. The van der Waals surface area contributed by atoms with Crippen molar-refractivity contribution in [1.29, 1.82) is 0 Å². The molecule has 1 unspecified atom stereocenters. The lowest BCUT2D eigenvalue weighted by Gasteiger charge is -2.28. The van der Waals surface area contributed by atoms with Crippen molar-refractivity contribution >= 4 is 27.3 Å². The fourth-order valence-corrected chi connectivity index (χ4v) is 4.45. The zero-order valence-electron chi connectivity index (χ0n) is 16.7. The van der Waals surface area contributed by atoms with Gasteiger partial charge < -0.3 is 14.2 Å². The predicted molar refractivity (Wildman–Crippen MR) is 112 cm³/mol. The Labute approximate surface area is 180 Å². The first-order chi connectivity index (χ1) is 14.4. The van der Waals surface area contributed by atoms with Gasteiger partial charge in [0.25, 0.3) is 5.91 Å². The second-order valence-corrected chi connectivity index (χ2v) is 8.86. The number of sulfone groups is 1. The Morgan fingerprint density at radius 3 is 2.40 bits per heavy atom. The smallest absolute Gasteiger partial charge is 0.287 e. The topological polar surface area (TPSA) is 92.8 Å². The van der Waals surface area contributed by atoms with E-state index in [4.69, 9.17) is 20.4 Å². The Kier molecular flexibility index (Phi) is 7.02. The van der Waals surface area contributed by atoms with Gasteiger partial charge in [-0.1, -0.05) is 25.4 Å². The van der Waals surface area contributed by atoms with Gasteiger partial charge in [0.1, 0.15) is 5.76 Å². The zero-order chi connectivity index (χ0) is 21.7. The summed E-state index contributed by atoms with van der Waals surface area (Å²) in [6.45, 7) is 5.90. The van der Waals surface area contributed by atoms with Gasteiger partial charge in [0.2, 0.25) is 14.9 Å². The summed E-state index contributed by atoms with van der Waals surface area (Å²) in [5, 5.41) is 2.92. The van der Waals surface area contributed by atoms with E-state index in [1.54, 1.807) is 12.3 Å². The van der Waals surface area contributed by atoms with Gasteiger partial charge in [0.05, 0.1) is 17.2 Å². The lowest BCUT2D eigenvalue weighted by Crippen LogP contribution is -2.37. The van der Waals surface area contributed by atoms with Crippen molar-refractivity contribution in [2.24, 2.45) is 0 Å². The quantitative estimate of drug-likeness (QED) is 0.526. The summed E-state index contributed by atoms with van der Waals surface area (Å²) in [6, 6.07) is 11.9. The van der Waals surface area contributed by atoms with E-state index in [1.165, 1.54) is 36.4 Å². The number of furan rings is 2. The van der Waals surface area contributed by atoms with E-state index in [2.05, 4.69) is 10.2 Å². The number of nitrogens with one attached hydrogen (secondary N) is 1. The third kappa shape index (κ3) is 4.77. The summed E-state index contributed by atoms with van der Waals surface area (Å²) >= 11 is 5.81. The first-order valence-corrected chi connectivity index (χ1v) is 11.4. The van der Waals surface area contributed by atoms with Crippen LogP contribution >= 0.6 is 11.6 Å². The molecule has 7 nitrogen and oxygen atoms in total. The highest BCUT2D eigenvalue weighted by molar-refractivity contribution is 7.91. The minimum atomic E-state index is -3.89. The van der Waals surface area contributed by atoms with Gasteiger partial charge in [-0.25, -0.2) is 8.42 Å². The van der Waals surface area contributed by atoms with Crippen molar-refractivity contribution in [2.45, 2.75) is 29.9 Å². The molecule has 0 saturated carbocycles. The van der Waals surface area contributed by atoms with Crippen LogP contribution in [0, 0.1) is 0 Å². The zero-order valence-corrected chi connectivity index (χ0v) is 18.2. The second kappa shape index (κ2) is 9.51. The van der Waals surface area contributed by atoms with Crippen LogP contribution in [0.2, 0.25) is 5.02 Å². The number of hydrogen-bond donors (Lipinski definition) is 1. The van der Waals surface area contributed by atoms with Gasteiger partial charge in [-0.15, -0.1) is 0 Å². The molecule has 0 aliphatic carbocycles. The number of carbonyl (C=O) groups is 1. The maximum Gasteiger partial charge on any atom is 0.287 e. The number of hydrogen-bond acceptors (Lipinski definition) is 6. The molecule has 1 N–H and O–H groups in total. The molecule has 9 heteroatoms. The van der Waals surface area contributed by atoms with Crippen molar-refractivity contribution in [3.63, 3.8) is 0 Å². The van der Waals surface area contributed by atoms with E-state index >= 15 is 0 Å². The fourth-order valence-electron chi connectivity index (χ4n) is 3.15. The summed E-state index contributed by atoms with van der Waals surface area (Å²) in [5.41, 5.74) is 0. The van der Waals surface area contributed by atoms with Crippen LogP contribution in [0.5, 0.6) is 0 Å². The van der Waals surface area contributed by atoms with Gasteiger partial charge in [-0.05, 0) is 61.6 Å². The van der Waals surface area contributed by atoms with Crippen molar-refractivity contribution in [2.75, 3.05) is 19.6 Å². The highest BCUT2D eigenvalue weighted by atomic mass is 35.5. The maximum atomic E-state index is 12.7. The maximum absolute atomic E-state index is 12.7. The Morgan fingerprint density at radius 1 is 1.10 bits per heavy atom.